The average Bonchev–Trinajstić information content (AvgIpc) is 2.64. The highest BCUT2D eigenvalue weighted by molar-refractivity contribution is 5.79. The van der Waals surface area contributed by atoms with E-state index in [2.05, 4.69) is 20.6 Å². The first kappa shape index (κ1) is 17.7. The van der Waals surface area contributed by atoms with E-state index >= 15 is 0 Å². The Bertz CT molecular complexity index is 632. The number of hydrogen-bond donors (Lipinski definition) is 2. The second kappa shape index (κ2) is 10.2. The summed E-state index contributed by atoms with van der Waals surface area (Å²) in [5, 5.41) is 6.41. The van der Waals surface area contributed by atoms with E-state index in [1.165, 1.54) is 0 Å². The van der Waals surface area contributed by atoms with E-state index in [-0.39, 0.29) is 0 Å². The fourth-order valence-corrected chi connectivity index (χ4v) is 2.05. The number of pyridine rings is 1. The summed E-state index contributed by atoms with van der Waals surface area (Å²) in [6, 6.07) is 13.9. The Hall–Kier alpha value is -2.60. The fourth-order valence-electron chi connectivity index (χ4n) is 2.05. The highest BCUT2D eigenvalue weighted by Gasteiger charge is 2.01. The average molecular weight is 328 g/mol. The number of benzene rings is 1. The molecule has 6 heteroatoms. The van der Waals surface area contributed by atoms with Crippen LogP contribution in [0.4, 0.5) is 0 Å². The van der Waals surface area contributed by atoms with Gasteiger partial charge in [-0.15, -0.1) is 0 Å². The minimum Gasteiger partial charge on any atom is -0.473 e. The summed E-state index contributed by atoms with van der Waals surface area (Å²) in [4.78, 5) is 8.42. The number of rotatable bonds is 8. The number of nitrogens with zero attached hydrogens (tertiary/aromatic N) is 2. The molecule has 0 aliphatic rings. The van der Waals surface area contributed by atoms with Gasteiger partial charge in [0.2, 0.25) is 5.88 Å². The van der Waals surface area contributed by atoms with E-state index in [0.717, 1.165) is 17.1 Å². The number of ether oxygens (including phenoxy) is 2. The molecule has 1 heterocycles. The molecule has 24 heavy (non-hydrogen) atoms. The van der Waals surface area contributed by atoms with E-state index in [4.69, 9.17) is 9.47 Å². The Morgan fingerprint density at radius 2 is 1.96 bits per heavy atom. The molecule has 0 aliphatic heterocycles. The fraction of sp³-hybridized carbons (Fsp3) is 0.333. The monoisotopic (exact) mass is 328 g/mol. The number of nitrogens with one attached hydrogen (secondary N) is 2. The molecule has 1 aromatic heterocycles. The van der Waals surface area contributed by atoms with E-state index < -0.39 is 0 Å². The first-order valence-electron chi connectivity index (χ1n) is 7.87. The van der Waals surface area contributed by atoms with E-state index in [9.17, 15) is 0 Å². The predicted molar refractivity (Wildman–Crippen MR) is 95.1 cm³/mol. The van der Waals surface area contributed by atoms with Crippen LogP contribution in [0.5, 0.6) is 5.88 Å². The molecule has 0 spiro atoms. The van der Waals surface area contributed by atoms with Gasteiger partial charge in [-0.2, -0.15) is 0 Å². The van der Waals surface area contributed by atoms with Crippen LogP contribution in [0.1, 0.15) is 11.1 Å². The molecule has 0 radical (unpaired) electrons. The first-order chi connectivity index (χ1) is 11.8. The van der Waals surface area contributed by atoms with Crippen molar-refractivity contribution in [3.8, 4) is 5.88 Å². The molecule has 0 aliphatic carbocycles. The molecule has 6 nitrogen and oxygen atoms in total. The topological polar surface area (TPSA) is 67.8 Å². The molecule has 0 saturated heterocycles. The summed E-state index contributed by atoms with van der Waals surface area (Å²) >= 11 is 0. The van der Waals surface area contributed by atoms with Gasteiger partial charge in [-0.05, 0) is 17.2 Å². The van der Waals surface area contributed by atoms with Gasteiger partial charge >= 0.3 is 0 Å². The van der Waals surface area contributed by atoms with Crippen molar-refractivity contribution in [2.24, 2.45) is 4.99 Å². The molecule has 0 bridgehead atoms. The highest BCUT2D eigenvalue weighted by atomic mass is 16.5. The normalized spacial score (nSPS) is 11.2. The summed E-state index contributed by atoms with van der Waals surface area (Å²) in [6.07, 6.45) is 1.75. The number of guanidine groups is 1. The lowest BCUT2D eigenvalue weighted by atomic mass is 10.2. The summed E-state index contributed by atoms with van der Waals surface area (Å²) in [6.45, 7) is 2.48. The maximum Gasteiger partial charge on any atom is 0.213 e. The third-order valence-electron chi connectivity index (χ3n) is 3.31. The number of methoxy groups -OCH3 is 1. The lowest BCUT2D eigenvalue weighted by molar-refractivity contribution is 0.203. The molecule has 1 aromatic carbocycles. The van der Waals surface area contributed by atoms with Crippen LogP contribution in [0.3, 0.4) is 0 Å². The Morgan fingerprint density at radius 1 is 1.12 bits per heavy atom. The van der Waals surface area contributed by atoms with Gasteiger partial charge in [-0.3, -0.25) is 4.99 Å². The van der Waals surface area contributed by atoms with E-state index in [0.29, 0.717) is 32.2 Å². The van der Waals surface area contributed by atoms with Gasteiger partial charge in [0.25, 0.3) is 0 Å². The molecular weight excluding hydrogens is 304 g/mol. The van der Waals surface area contributed by atoms with Crippen molar-refractivity contribution in [1.29, 1.82) is 0 Å². The number of aromatic nitrogens is 1. The van der Waals surface area contributed by atoms with Crippen LogP contribution in [0, 0.1) is 0 Å². The summed E-state index contributed by atoms with van der Waals surface area (Å²) in [5.41, 5.74) is 2.19. The zero-order chi connectivity index (χ0) is 17.0. The van der Waals surface area contributed by atoms with E-state index in [1.54, 1.807) is 20.4 Å². The third kappa shape index (κ3) is 6.26. The predicted octanol–water partition coefficient (Wildman–Crippen LogP) is 1.97. The van der Waals surface area contributed by atoms with Gasteiger partial charge in [-0.1, -0.05) is 30.3 Å². The largest absolute Gasteiger partial charge is 0.473 e. The molecule has 2 rings (SSSR count). The molecule has 128 valence electrons. The van der Waals surface area contributed by atoms with Gasteiger partial charge in [0, 0.05) is 39.5 Å². The van der Waals surface area contributed by atoms with Crippen LogP contribution in [0.2, 0.25) is 0 Å². The zero-order valence-corrected chi connectivity index (χ0v) is 14.2. The quantitative estimate of drug-likeness (QED) is 0.440. The van der Waals surface area contributed by atoms with Crippen LogP contribution in [0.25, 0.3) is 0 Å². The van der Waals surface area contributed by atoms with Gasteiger partial charge in [0.1, 0.15) is 6.61 Å². The van der Waals surface area contributed by atoms with Gasteiger partial charge in [0.15, 0.2) is 5.96 Å². The van der Waals surface area contributed by atoms with Gasteiger partial charge in [0.05, 0.1) is 6.61 Å². The Morgan fingerprint density at radius 3 is 2.71 bits per heavy atom. The third-order valence-corrected chi connectivity index (χ3v) is 3.31. The molecule has 2 N–H and O–H groups in total. The molecule has 0 atom stereocenters. The smallest absolute Gasteiger partial charge is 0.213 e. The molecule has 0 fully saturated rings. The van der Waals surface area contributed by atoms with Crippen LogP contribution in [0.15, 0.2) is 53.7 Å². The second-order valence-electron chi connectivity index (χ2n) is 5.12. The van der Waals surface area contributed by atoms with Crippen molar-refractivity contribution in [3.05, 3.63) is 59.8 Å². The lowest BCUT2D eigenvalue weighted by Crippen LogP contribution is -2.38. The van der Waals surface area contributed by atoms with E-state index in [1.807, 2.05) is 42.5 Å². The van der Waals surface area contributed by atoms with Crippen LogP contribution in [-0.2, 0) is 17.9 Å². The van der Waals surface area contributed by atoms with Crippen LogP contribution in [-0.4, -0.2) is 38.3 Å². The van der Waals surface area contributed by atoms with Gasteiger partial charge < -0.3 is 20.1 Å². The molecule has 0 saturated carbocycles. The Kier molecular flexibility index (Phi) is 7.56. The van der Waals surface area contributed by atoms with Crippen LogP contribution >= 0.6 is 0 Å². The lowest BCUT2D eigenvalue weighted by Gasteiger charge is -2.12. The first-order valence-corrected chi connectivity index (χ1v) is 7.87. The maximum absolute atomic E-state index is 5.74. The van der Waals surface area contributed by atoms with Crippen molar-refractivity contribution >= 4 is 5.96 Å². The summed E-state index contributed by atoms with van der Waals surface area (Å²) in [5.74, 6) is 1.34. The van der Waals surface area contributed by atoms with Gasteiger partial charge in [-0.25, -0.2) is 4.98 Å². The molecule has 0 amide bonds. The summed E-state index contributed by atoms with van der Waals surface area (Å²) < 4.78 is 10.8. The van der Waals surface area contributed by atoms with Crippen LogP contribution < -0.4 is 15.4 Å². The minimum atomic E-state index is 0.505. The number of aliphatic imine (C=N–C) groups is 1. The minimum absolute atomic E-state index is 0.505. The van der Waals surface area contributed by atoms with Crippen molar-refractivity contribution in [3.63, 3.8) is 0 Å². The zero-order valence-electron chi connectivity index (χ0n) is 14.2. The maximum atomic E-state index is 5.74. The highest BCUT2D eigenvalue weighted by Crippen LogP contribution is 2.11. The summed E-state index contributed by atoms with van der Waals surface area (Å²) in [7, 11) is 3.41. The second-order valence-corrected chi connectivity index (χ2v) is 5.12. The molecule has 2 aromatic rings. The molecule has 0 unspecified atom stereocenters. The van der Waals surface area contributed by atoms with Crippen molar-refractivity contribution in [2.45, 2.75) is 13.2 Å². The Labute approximate surface area is 142 Å². The van der Waals surface area contributed by atoms with Crippen molar-refractivity contribution in [2.75, 3.05) is 27.3 Å². The van der Waals surface area contributed by atoms with Crippen molar-refractivity contribution < 1.29 is 9.47 Å². The van der Waals surface area contributed by atoms with Crippen molar-refractivity contribution in [1.82, 2.24) is 15.6 Å². The number of hydrogen-bond acceptors (Lipinski definition) is 4. The molecular formula is C18H24N4O2. The SMILES string of the molecule is CN=C(NCCOC)NCc1ccnc(OCc2ccccc2)c1. The Balaban J connectivity index is 1.83. The standard InChI is InChI=1S/C18H24N4O2/c1-19-18(21-10-11-23-2)22-13-16-8-9-20-17(12-16)24-14-15-6-4-3-5-7-15/h3-9,12H,10-11,13-14H2,1-2H3,(H2,19,21,22).